The Kier molecular flexibility index (Phi) is 2.79. The molecule has 0 radical (unpaired) electrons. The van der Waals surface area contributed by atoms with Gasteiger partial charge in [-0.25, -0.2) is 0 Å². The van der Waals surface area contributed by atoms with Crippen molar-refractivity contribution < 1.29 is 14.6 Å². The number of ketones is 1. The highest BCUT2D eigenvalue weighted by molar-refractivity contribution is 5.98. The predicted molar refractivity (Wildman–Crippen MR) is 54.1 cm³/mol. The van der Waals surface area contributed by atoms with E-state index in [0.717, 1.165) is 11.1 Å². The lowest BCUT2D eigenvalue weighted by molar-refractivity contribution is 0.101. The molecule has 3 nitrogen and oxygen atoms in total. The van der Waals surface area contributed by atoms with Gasteiger partial charge in [0, 0.05) is 0 Å². The molecule has 1 N–H and O–H groups in total. The fraction of sp³-hybridized carbons (Fsp3) is 0.364. The number of hydrogen-bond donors (Lipinski definition) is 1. The quantitative estimate of drug-likeness (QED) is 0.734. The Morgan fingerprint density at radius 2 is 2.00 bits per heavy atom. The number of Topliss-reactive ketones (excluding diaryl/α,β-unsaturated/α-hetero) is 1. The van der Waals surface area contributed by atoms with Crippen LogP contribution in [0.1, 0.15) is 28.4 Å². The highest BCUT2D eigenvalue weighted by Gasteiger charge is 2.16. The number of phenols is 1. The lowest BCUT2D eigenvalue weighted by Gasteiger charge is -2.12. The van der Waals surface area contributed by atoms with Crippen LogP contribution in [-0.2, 0) is 0 Å². The van der Waals surface area contributed by atoms with Crippen LogP contribution in [-0.4, -0.2) is 18.0 Å². The van der Waals surface area contributed by atoms with Gasteiger partial charge in [-0.1, -0.05) is 0 Å². The Hall–Kier alpha value is -1.51. The van der Waals surface area contributed by atoms with E-state index in [0.29, 0.717) is 5.56 Å². The SMILES string of the molecule is COc1c(C(C)=O)cc(C)c(C)c1O. The van der Waals surface area contributed by atoms with Gasteiger partial charge in [0.2, 0.25) is 0 Å². The summed E-state index contributed by atoms with van der Waals surface area (Å²) in [6.45, 7) is 5.09. The number of carbonyl (C=O) groups is 1. The largest absolute Gasteiger partial charge is 0.504 e. The molecule has 0 aliphatic rings. The van der Waals surface area contributed by atoms with Crippen molar-refractivity contribution in [2.45, 2.75) is 20.8 Å². The van der Waals surface area contributed by atoms with Crippen LogP contribution in [0.4, 0.5) is 0 Å². The Bertz CT molecular complexity index is 381. The molecule has 1 rings (SSSR count). The molecule has 0 fully saturated rings. The molecule has 0 atom stereocenters. The van der Waals surface area contributed by atoms with Crippen molar-refractivity contribution in [3.8, 4) is 11.5 Å². The molecule has 0 heterocycles. The molecule has 0 saturated heterocycles. The van der Waals surface area contributed by atoms with E-state index in [9.17, 15) is 9.90 Å². The molecule has 0 saturated carbocycles. The van der Waals surface area contributed by atoms with Gasteiger partial charge in [0.1, 0.15) is 0 Å². The van der Waals surface area contributed by atoms with Crippen molar-refractivity contribution in [3.63, 3.8) is 0 Å². The molecular formula is C11H14O3. The first kappa shape index (κ1) is 10.6. The molecule has 14 heavy (non-hydrogen) atoms. The minimum Gasteiger partial charge on any atom is -0.504 e. The van der Waals surface area contributed by atoms with Crippen LogP contribution in [0.5, 0.6) is 11.5 Å². The minimum atomic E-state index is -0.111. The summed E-state index contributed by atoms with van der Waals surface area (Å²) >= 11 is 0. The van der Waals surface area contributed by atoms with Crippen molar-refractivity contribution in [2.24, 2.45) is 0 Å². The highest BCUT2D eigenvalue weighted by Crippen LogP contribution is 2.35. The molecule has 0 aliphatic heterocycles. The standard InChI is InChI=1S/C11H14O3/c1-6-5-9(8(3)12)11(14-4)10(13)7(6)2/h5,13H,1-4H3. The van der Waals surface area contributed by atoms with Gasteiger partial charge in [-0.05, 0) is 38.0 Å². The summed E-state index contributed by atoms with van der Waals surface area (Å²) in [5.41, 5.74) is 2.05. The molecule has 0 aliphatic carbocycles. The number of methoxy groups -OCH3 is 1. The third kappa shape index (κ3) is 1.58. The molecule has 76 valence electrons. The van der Waals surface area contributed by atoms with E-state index in [1.165, 1.54) is 14.0 Å². The van der Waals surface area contributed by atoms with E-state index >= 15 is 0 Å². The van der Waals surface area contributed by atoms with Crippen LogP contribution < -0.4 is 4.74 Å². The fourth-order valence-electron chi connectivity index (χ4n) is 1.34. The van der Waals surface area contributed by atoms with Crippen molar-refractivity contribution in [2.75, 3.05) is 7.11 Å². The number of aryl methyl sites for hydroxylation is 1. The average molecular weight is 194 g/mol. The number of benzene rings is 1. The van der Waals surface area contributed by atoms with Crippen LogP contribution in [0, 0.1) is 13.8 Å². The first-order valence-electron chi connectivity index (χ1n) is 4.37. The van der Waals surface area contributed by atoms with Crippen LogP contribution in [0.3, 0.4) is 0 Å². The van der Waals surface area contributed by atoms with Gasteiger partial charge in [-0.2, -0.15) is 0 Å². The van der Waals surface area contributed by atoms with E-state index in [1.807, 2.05) is 6.92 Å². The maximum absolute atomic E-state index is 11.2. The van der Waals surface area contributed by atoms with E-state index in [2.05, 4.69) is 0 Å². The number of phenolic OH excluding ortho intramolecular Hbond substituents is 1. The molecule has 0 bridgehead atoms. The van der Waals surface area contributed by atoms with Crippen LogP contribution in [0.15, 0.2) is 6.07 Å². The Morgan fingerprint density at radius 3 is 2.43 bits per heavy atom. The molecule has 3 heteroatoms. The number of ether oxygens (including phenoxy) is 1. The maximum atomic E-state index is 11.2. The zero-order chi connectivity index (χ0) is 10.9. The fourth-order valence-corrected chi connectivity index (χ4v) is 1.34. The normalized spacial score (nSPS) is 10.0. The van der Waals surface area contributed by atoms with Crippen LogP contribution in [0.2, 0.25) is 0 Å². The third-order valence-corrected chi connectivity index (χ3v) is 2.35. The van der Waals surface area contributed by atoms with Gasteiger partial charge in [-0.15, -0.1) is 0 Å². The number of carbonyl (C=O) groups excluding carboxylic acids is 1. The van der Waals surface area contributed by atoms with Gasteiger partial charge in [-0.3, -0.25) is 4.79 Å². The Balaban J connectivity index is 3.51. The molecular weight excluding hydrogens is 180 g/mol. The maximum Gasteiger partial charge on any atom is 0.171 e. The van der Waals surface area contributed by atoms with Gasteiger partial charge < -0.3 is 9.84 Å². The molecule has 1 aromatic carbocycles. The van der Waals surface area contributed by atoms with Crippen molar-refractivity contribution in [1.29, 1.82) is 0 Å². The average Bonchev–Trinajstić information content (AvgIpc) is 2.13. The van der Waals surface area contributed by atoms with E-state index < -0.39 is 0 Å². The monoisotopic (exact) mass is 194 g/mol. The van der Waals surface area contributed by atoms with Gasteiger partial charge in [0.15, 0.2) is 17.3 Å². The summed E-state index contributed by atoms with van der Waals surface area (Å²) < 4.78 is 5.00. The molecule has 0 unspecified atom stereocenters. The smallest absolute Gasteiger partial charge is 0.171 e. The first-order valence-corrected chi connectivity index (χ1v) is 4.37. The van der Waals surface area contributed by atoms with Gasteiger partial charge >= 0.3 is 0 Å². The van der Waals surface area contributed by atoms with Gasteiger partial charge in [0.25, 0.3) is 0 Å². The number of aromatic hydroxyl groups is 1. The summed E-state index contributed by atoms with van der Waals surface area (Å²) in [4.78, 5) is 11.2. The van der Waals surface area contributed by atoms with Gasteiger partial charge in [0.05, 0.1) is 12.7 Å². The summed E-state index contributed by atoms with van der Waals surface area (Å²) in [7, 11) is 1.44. The van der Waals surface area contributed by atoms with E-state index in [-0.39, 0.29) is 17.3 Å². The van der Waals surface area contributed by atoms with E-state index in [4.69, 9.17) is 4.74 Å². The second-order valence-corrected chi connectivity index (χ2v) is 3.30. The highest BCUT2D eigenvalue weighted by atomic mass is 16.5. The summed E-state index contributed by atoms with van der Waals surface area (Å²) in [5.74, 6) is 0.207. The second kappa shape index (κ2) is 3.70. The first-order chi connectivity index (χ1) is 6.49. The summed E-state index contributed by atoms with van der Waals surface area (Å²) in [6, 6.07) is 1.73. The molecule has 0 spiro atoms. The summed E-state index contributed by atoms with van der Waals surface area (Å²) in [5, 5.41) is 9.73. The zero-order valence-corrected chi connectivity index (χ0v) is 8.84. The van der Waals surface area contributed by atoms with Crippen LogP contribution in [0.25, 0.3) is 0 Å². The topological polar surface area (TPSA) is 46.5 Å². The lowest BCUT2D eigenvalue weighted by Crippen LogP contribution is -2.00. The Morgan fingerprint density at radius 1 is 1.43 bits per heavy atom. The zero-order valence-electron chi connectivity index (χ0n) is 8.84. The molecule has 0 aromatic heterocycles. The van der Waals surface area contributed by atoms with Crippen LogP contribution >= 0.6 is 0 Å². The number of hydrogen-bond acceptors (Lipinski definition) is 3. The predicted octanol–water partition coefficient (Wildman–Crippen LogP) is 2.22. The lowest BCUT2D eigenvalue weighted by atomic mass is 10.0. The third-order valence-electron chi connectivity index (χ3n) is 2.35. The molecule has 0 amide bonds. The van der Waals surface area contributed by atoms with Crippen molar-refractivity contribution in [1.82, 2.24) is 0 Å². The summed E-state index contributed by atoms with van der Waals surface area (Å²) in [6.07, 6.45) is 0. The van der Waals surface area contributed by atoms with Crippen molar-refractivity contribution in [3.05, 3.63) is 22.8 Å². The number of rotatable bonds is 2. The van der Waals surface area contributed by atoms with E-state index in [1.54, 1.807) is 13.0 Å². The Labute approximate surface area is 83.3 Å². The van der Waals surface area contributed by atoms with Crippen molar-refractivity contribution >= 4 is 5.78 Å². The molecule has 1 aromatic rings. The minimum absolute atomic E-state index is 0.0534. The second-order valence-electron chi connectivity index (χ2n) is 3.30.